The van der Waals surface area contributed by atoms with Crippen molar-refractivity contribution in [2.24, 2.45) is 11.1 Å². The number of primary amides is 1. The molecule has 1 aromatic carbocycles. The molecule has 0 radical (unpaired) electrons. The van der Waals surface area contributed by atoms with Gasteiger partial charge in [0.05, 0.1) is 5.41 Å². The van der Waals surface area contributed by atoms with Gasteiger partial charge >= 0.3 is 6.03 Å². The van der Waals surface area contributed by atoms with E-state index in [2.05, 4.69) is 10.6 Å². The Labute approximate surface area is 117 Å². The number of nitrogens with one attached hydrogen (secondary N) is 2. The maximum Gasteiger partial charge on any atom is 0.315 e. The molecular weight excluding hydrogens is 266 g/mol. The molecule has 3 amide bonds. The van der Waals surface area contributed by atoms with Gasteiger partial charge in [-0.15, -0.1) is 0 Å². The molecule has 1 rings (SSSR count). The van der Waals surface area contributed by atoms with Crippen molar-refractivity contribution in [1.29, 1.82) is 0 Å². The summed E-state index contributed by atoms with van der Waals surface area (Å²) in [6.07, 6.45) is 0. The summed E-state index contributed by atoms with van der Waals surface area (Å²) in [5.41, 5.74) is 5.38. The first-order chi connectivity index (χ1) is 8.81. The largest absolute Gasteiger partial charge is 0.369 e. The van der Waals surface area contributed by atoms with Crippen molar-refractivity contribution in [2.45, 2.75) is 20.4 Å². The van der Waals surface area contributed by atoms with Crippen LogP contribution < -0.4 is 16.4 Å². The van der Waals surface area contributed by atoms with Crippen LogP contribution >= 0.6 is 11.6 Å². The Balaban J connectivity index is 2.36. The number of benzene rings is 1. The summed E-state index contributed by atoms with van der Waals surface area (Å²) >= 11 is 5.76. The number of hydrogen-bond acceptors (Lipinski definition) is 2. The minimum Gasteiger partial charge on any atom is -0.369 e. The zero-order valence-electron chi connectivity index (χ0n) is 11.0. The highest BCUT2D eigenvalue weighted by Crippen LogP contribution is 2.11. The SMILES string of the molecule is CC(C)(CNC(=O)NCc1ccc(Cl)cc1)C(N)=O. The van der Waals surface area contributed by atoms with E-state index >= 15 is 0 Å². The molecule has 19 heavy (non-hydrogen) atoms. The van der Waals surface area contributed by atoms with Crippen LogP contribution in [0.25, 0.3) is 0 Å². The van der Waals surface area contributed by atoms with Crippen LogP contribution in [-0.4, -0.2) is 18.5 Å². The lowest BCUT2D eigenvalue weighted by Gasteiger charge is -2.20. The van der Waals surface area contributed by atoms with Gasteiger partial charge in [-0.1, -0.05) is 23.7 Å². The smallest absolute Gasteiger partial charge is 0.315 e. The molecule has 0 aliphatic carbocycles. The fraction of sp³-hybridized carbons (Fsp3) is 0.385. The number of carbonyl (C=O) groups is 2. The quantitative estimate of drug-likeness (QED) is 0.768. The lowest BCUT2D eigenvalue weighted by molar-refractivity contribution is -0.125. The standard InChI is InChI=1S/C13H18ClN3O2/c1-13(2,11(15)18)8-17-12(19)16-7-9-3-5-10(14)6-4-9/h3-6H,7-8H2,1-2H3,(H2,15,18)(H2,16,17,19). The second-order valence-corrected chi connectivity index (χ2v) is 5.35. The van der Waals surface area contributed by atoms with E-state index in [1.807, 2.05) is 12.1 Å². The third-order valence-electron chi connectivity index (χ3n) is 2.72. The van der Waals surface area contributed by atoms with Crippen molar-refractivity contribution < 1.29 is 9.59 Å². The topological polar surface area (TPSA) is 84.2 Å². The molecule has 0 bridgehead atoms. The minimum atomic E-state index is -0.766. The monoisotopic (exact) mass is 283 g/mol. The predicted octanol–water partition coefficient (Wildman–Crippen LogP) is 1.65. The highest BCUT2D eigenvalue weighted by molar-refractivity contribution is 6.30. The van der Waals surface area contributed by atoms with E-state index in [0.717, 1.165) is 5.56 Å². The van der Waals surface area contributed by atoms with E-state index in [-0.39, 0.29) is 12.6 Å². The lowest BCUT2D eigenvalue weighted by atomic mass is 9.93. The van der Waals surface area contributed by atoms with Crippen molar-refractivity contribution >= 4 is 23.5 Å². The van der Waals surface area contributed by atoms with Gasteiger partial charge in [0.15, 0.2) is 0 Å². The van der Waals surface area contributed by atoms with E-state index in [1.54, 1.807) is 26.0 Å². The zero-order chi connectivity index (χ0) is 14.5. The number of carbonyl (C=O) groups excluding carboxylic acids is 2. The zero-order valence-corrected chi connectivity index (χ0v) is 11.8. The third kappa shape index (κ3) is 5.18. The molecule has 0 saturated carbocycles. The van der Waals surface area contributed by atoms with Crippen molar-refractivity contribution in [2.75, 3.05) is 6.54 Å². The number of halogens is 1. The summed E-state index contributed by atoms with van der Waals surface area (Å²) in [5.74, 6) is -0.453. The van der Waals surface area contributed by atoms with Gasteiger partial charge in [0.25, 0.3) is 0 Å². The molecule has 104 valence electrons. The molecule has 0 aromatic heterocycles. The molecular formula is C13H18ClN3O2. The number of amides is 3. The number of hydrogen-bond donors (Lipinski definition) is 3. The van der Waals surface area contributed by atoms with Crippen LogP contribution in [-0.2, 0) is 11.3 Å². The molecule has 0 unspecified atom stereocenters. The second kappa shape index (κ2) is 6.43. The molecule has 5 nitrogen and oxygen atoms in total. The summed E-state index contributed by atoms with van der Waals surface area (Å²) in [7, 11) is 0. The van der Waals surface area contributed by atoms with E-state index < -0.39 is 11.3 Å². The molecule has 0 atom stereocenters. The fourth-order valence-corrected chi connectivity index (χ4v) is 1.36. The summed E-state index contributed by atoms with van der Waals surface area (Å²) < 4.78 is 0. The molecule has 6 heteroatoms. The van der Waals surface area contributed by atoms with E-state index in [1.165, 1.54) is 0 Å². The normalized spacial score (nSPS) is 10.9. The van der Waals surface area contributed by atoms with Crippen LogP contribution in [0.3, 0.4) is 0 Å². The maximum atomic E-state index is 11.6. The van der Waals surface area contributed by atoms with Crippen LogP contribution in [0.5, 0.6) is 0 Å². The van der Waals surface area contributed by atoms with Gasteiger partial charge in [0, 0.05) is 18.1 Å². The summed E-state index contributed by atoms with van der Waals surface area (Å²) in [4.78, 5) is 22.6. The van der Waals surface area contributed by atoms with Crippen molar-refractivity contribution in [3.63, 3.8) is 0 Å². The first-order valence-electron chi connectivity index (χ1n) is 5.87. The van der Waals surface area contributed by atoms with Crippen LogP contribution in [0, 0.1) is 5.41 Å². The van der Waals surface area contributed by atoms with Gasteiger partial charge in [-0.3, -0.25) is 4.79 Å². The Morgan fingerprint density at radius 1 is 1.21 bits per heavy atom. The average molecular weight is 284 g/mol. The molecule has 4 N–H and O–H groups in total. The summed E-state index contributed by atoms with van der Waals surface area (Å²) in [5, 5.41) is 5.94. The van der Waals surface area contributed by atoms with Crippen LogP contribution in [0.1, 0.15) is 19.4 Å². The Hall–Kier alpha value is -1.75. The van der Waals surface area contributed by atoms with Gasteiger partial charge in [0.1, 0.15) is 0 Å². The molecule has 1 aromatic rings. The highest BCUT2D eigenvalue weighted by atomic mass is 35.5. The van der Waals surface area contributed by atoms with Crippen LogP contribution in [0.4, 0.5) is 4.79 Å². The van der Waals surface area contributed by atoms with Crippen LogP contribution in [0.15, 0.2) is 24.3 Å². The van der Waals surface area contributed by atoms with Crippen molar-refractivity contribution in [3.05, 3.63) is 34.9 Å². The van der Waals surface area contributed by atoms with E-state index in [0.29, 0.717) is 11.6 Å². The van der Waals surface area contributed by atoms with Gasteiger partial charge in [-0.05, 0) is 31.5 Å². The molecule has 0 aliphatic heterocycles. The van der Waals surface area contributed by atoms with E-state index in [9.17, 15) is 9.59 Å². The number of nitrogens with two attached hydrogens (primary N) is 1. The Morgan fingerprint density at radius 2 is 1.79 bits per heavy atom. The summed E-state index contributed by atoms with van der Waals surface area (Å²) in [6, 6.07) is 6.83. The van der Waals surface area contributed by atoms with Gasteiger partial charge < -0.3 is 16.4 Å². The Kier molecular flexibility index (Phi) is 5.18. The van der Waals surface area contributed by atoms with Crippen molar-refractivity contribution in [3.8, 4) is 0 Å². The number of rotatable bonds is 5. The van der Waals surface area contributed by atoms with Gasteiger partial charge in [0.2, 0.25) is 5.91 Å². The van der Waals surface area contributed by atoms with Crippen molar-refractivity contribution in [1.82, 2.24) is 10.6 Å². The molecule has 0 heterocycles. The first kappa shape index (κ1) is 15.3. The molecule has 0 fully saturated rings. The third-order valence-corrected chi connectivity index (χ3v) is 2.98. The lowest BCUT2D eigenvalue weighted by Crippen LogP contribution is -2.45. The fourth-order valence-electron chi connectivity index (χ4n) is 1.24. The van der Waals surface area contributed by atoms with Gasteiger partial charge in [-0.2, -0.15) is 0 Å². The maximum absolute atomic E-state index is 11.6. The number of urea groups is 1. The highest BCUT2D eigenvalue weighted by Gasteiger charge is 2.25. The van der Waals surface area contributed by atoms with E-state index in [4.69, 9.17) is 17.3 Å². The van der Waals surface area contributed by atoms with Crippen LogP contribution in [0.2, 0.25) is 5.02 Å². The Bertz CT molecular complexity index is 457. The molecule has 0 aliphatic rings. The predicted molar refractivity (Wildman–Crippen MR) is 74.7 cm³/mol. The molecule has 0 spiro atoms. The average Bonchev–Trinajstić information content (AvgIpc) is 2.35. The Morgan fingerprint density at radius 3 is 2.32 bits per heavy atom. The second-order valence-electron chi connectivity index (χ2n) is 4.91. The summed E-state index contributed by atoms with van der Waals surface area (Å²) in [6.45, 7) is 3.93. The first-order valence-corrected chi connectivity index (χ1v) is 6.25. The minimum absolute atomic E-state index is 0.189. The van der Waals surface area contributed by atoms with Gasteiger partial charge in [-0.25, -0.2) is 4.79 Å². The molecule has 0 saturated heterocycles.